The van der Waals surface area contributed by atoms with E-state index in [1.807, 2.05) is 6.92 Å². The van der Waals surface area contributed by atoms with Crippen LogP contribution in [0.25, 0.3) is 0 Å². The van der Waals surface area contributed by atoms with Crippen LogP contribution < -0.4 is 0 Å². The van der Waals surface area contributed by atoms with Gasteiger partial charge < -0.3 is 14.7 Å². The minimum atomic E-state index is -0.330. The van der Waals surface area contributed by atoms with E-state index in [-0.39, 0.29) is 6.10 Å². The van der Waals surface area contributed by atoms with Gasteiger partial charge in [-0.05, 0) is 25.3 Å². The van der Waals surface area contributed by atoms with E-state index >= 15 is 0 Å². The first-order valence-corrected chi connectivity index (χ1v) is 5.51. The average molecular weight is 201 g/mol. The zero-order valence-electron chi connectivity index (χ0n) is 9.62. The lowest BCUT2D eigenvalue weighted by Gasteiger charge is -2.22. The first-order valence-electron chi connectivity index (χ1n) is 5.51. The van der Waals surface area contributed by atoms with Crippen molar-refractivity contribution in [3.05, 3.63) is 0 Å². The molecule has 1 atom stereocenters. The predicted octanol–water partition coefficient (Wildman–Crippen LogP) is 1.12. The fraction of sp³-hybridized carbons (Fsp3) is 1.00. The van der Waals surface area contributed by atoms with E-state index in [9.17, 15) is 5.11 Å². The summed E-state index contributed by atoms with van der Waals surface area (Å²) in [6.45, 7) is 10.6. The molecular weight excluding hydrogens is 178 g/mol. The maximum absolute atomic E-state index is 9.64. The maximum Gasteiger partial charge on any atom is 0.0900 e. The van der Waals surface area contributed by atoms with Crippen molar-refractivity contribution in [1.82, 2.24) is 4.90 Å². The number of hydrogen-bond donors (Lipinski definition) is 1. The van der Waals surface area contributed by atoms with Crippen molar-refractivity contribution in [2.24, 2.45) is 5.41 Å². The summed E-state index contributed by atoms with van der Waals surface area (Å²) in [6.07, 6.45) is 0.901. The number of aliphatic hydroxyl groups is 1. The summed E-state index contributed by atoms with van der Waals surface area (Å²) in [7, 11) is 0. The van der Waals surface area contributed by atoms with Crippen molar-refractivity contribution in [2.45, 2.75) is 33.3 Å². The molecule has 84 valence electrons. The monoisotopic (exact) mass is 201 g/mol. The molecule has 1 fully saturated rings. The molecule has 1 aliphatic heterocycles. The lowest BCUT2D eigenvalue weighted by atomic mass is 9.93. The molecule has 0 aromatic rings. The van der Waals surface area contributed by atoms with E-state index in [1.165, 1.54) is 6.42 Å². The molecule has 1 N–H and O–H groups in total. The molecule has 0 amide bonds. The molecule has 14 heavy (non-hydrogen) atoms. The van der Waals surface area contributed by atoms with Gasteiger partial charge in [-0.15, -0.1) is 0 Å². The predicted molar refractivity (Wildman–Crippen MR) is 57.3 cm³/mol. The number of ether oxygens (including phenoxy) is 1. The SMILES string of the molecule is CCOCC(O)CN1CCC(C)(C)C1. The van der Waals surface area contributed by atoms with Gasteiger partial charge in [0.1, 0.15) is 0 Å². The second-order valence-corrected chi connectivity index (χ2v) is 4.96. The Labute approximate surface area is 87.1 Å². The number of β-amino-alcohol motifs (C(OH)–C–C–N with tert-alkyl or cyclic N) is 1. The molecule has 1 unspecified atom stereocenters. The quantitative estimate of drug-likeness (QED) is 0.723. The van der Waals surface area contributed by atoms with Crippen LogP contribution in [0, 0.1) is 5.41 Å². The van der Waals surface area contributed by atoms with Gasteiger partial charge in [0.25, 0.3) is 0 Å². The van der Waals surface area contributed by atoms with E-state index in [2.05, 4.69) is 18.7 Å². The van der Waals surface area contributed by atoms with Gasteiger partial charge in [-0.1, -0.05) is 13.8 Å². The van der Waals surface area contributed by atoms with Crippen molar-refractivity contribution >= 4 is 0 Å². The fourth-order valence-electron chi connectivity index (χ4n) is 1.98. The molecule has 0 aromatic heterocycles. The van der Waals surface area contributed by atoms with Crippen LogP contribution in [0.4, 0.5) is 0 Å². The summed E-state index contributed by atoms with van der Waals surface area (Å²) in [4.78, 5) is 2.32. The number of rotatable bonds is 5. The van der Waals surface area contributed by atoms with Gasteiger partial charge in [-0.3, -0.25) is 0 Å². The van der Waals surface area contributed by atoms with Gasteiger partial charge >= 0.3 is 0 Å². The standard InChI is InChI=1S/C11H23NO2/c1-4-14-8-10(13)7-12-6-5-11(2,3)9-12/h10,13H,4-9H2,1-3H3. The summed E-state index contributed by atoms with van der Waals surface area (Å²) < 4.78 is 5.18. The number of aliphatic hydroxyl groups excluding tert-OH is 1. The Morgan fingerprint density at radius 3 is 2.71 bits per heavy atom. The molecule has 0 aromatic carbocycles. The van der Waals surface area contributed by atoms with Crippen LogP contribution >= 0.6 is 0 Å². The normalized spacial score (nSPS) is 24.0. The van der Waals surface area contributed by atoms with E-state index in [0.29, 0.717) is 18.6 Å². The molecule has 3 heteroatoms. The molecule has 3 nitrogen and oxygen atoms in total. The minimum Gasteiger partial charge on any atom is -0.389 e. The summed E-state index contributed by atoms with van der Waals surface area (Å²) >= 11 is 0. The highest BCUT2D eigenvalue weighted by atomic mass is 16.5. The first-order chi connectivity index (χ1) is 6.53. The number of nitrogens with zero attached hydrogens (tertiary/aromatic N) is 1. The van der Waals surface area contributed by atoms with Crippen molar-refractivity contribution in [1.29, 1.82) is 0 Å². The second kappa shape index (κ2) is 5.10. The molecule has 0 bridgehead atoms. The zero-order valence-corrected chi connectivity index (χ0v) is 9.62. The molecule has 0 radical (unpaired) electrons. The van der Waals surface area contributed by atoms with Gasteiger partial charge in [-0.25, -0.2) is 0 Å². The van der Waals surface area contributed by atoms with Gasteiger partial charge in [0.2, 0.25) is 0 Å². The third kappa shape index (κ3) is 3.95. The van der Waals surface area contributed by atoms with Crippen molar-refractivity contribution in [3.8, 4) is 0 Å². The van der Waals surface area contributed by atoms with E-state index in [0.717, 1.165) is 19.6 Å². The highest BCUT2D eigenvalue weighted by Crippen LogP contribution is 2.28. The van der Waals surface area contributed by atoms with Crippen LogP contribution in [-0.2, 0) is 4.74 Å². The Bertz CT molecular complexity index is 171. The van der Waals surface area contributed by atoms with Crippen LogP contribution in [0.3, 0.4) is 0 Å². The molecule has 1 rings (SSSR count). The van der Waals surface area contributed by atoms with Gasteiger partial charge in [-0.2, -0.15) is 0 Å². The Morgan fingerprint density at radius 2 is 2.21 bits per heavy atom. The van der Waals surface area contributed by atoms with Crippen LogP contribution in [0.2, 0.25) is 0 Å². The minimum absolute atomic E-state index is 0.330. The van der Waals surface area contributed by atoms with Crippen LogP contribution in [0.15, 0.2) is 0 Å². The van der Waals surface area contributed by atoms with Crippen molar-refractivity contribution in [2.75, 3.05) is 32.8 Å². The van der Waals surface area contributed by atoms with Gasteiger partial charge in [0.05, 0.1) is 12.7 Å². The summed E-state index contributed by atoms with van der Waals surface area (Å²) in [6, 6.07) is 0. The molecule has 0 spiro atoms. The van der Waals surface area contributed by atoms with Crippen LogP contribution in [0.1, 0.15) is 27.2 Å². The number of hydrogen-bond acceptors (Lipinski definition) is 3. The van der Waals surface area contributed by atoms with E-state index < -0.39 is 0 Å². The fourth-order valence-corrected chi connectivity index (χ4v) is 1.98. The van der Waals surface area contributed by atoms with Crippen LogP contribution in [-0.4, -0.2) is 49.0 Å². The first kappa shape index (κ1) is 12.0. The number of likely N-dealkylation sites (tertiary alicyclic amines) is 1. The third-order valence-corrected chi connectivity index (χ3v) is 2.74. The highest BCUT2D eigenvalue weighted by Gasteiger charge is 2.29. The summed E-state index contributed by atoms with van der Waals surface area (Å²) in [5.41, 5.74) is 0.422. The smallest absolute Gasteiger partial charge is 0.0900 e. The Kier molecular flexibility index (Phi) is 4.35. The molecule has 1 aliphatic rings. The molecule has 0 aliphatic carbocycles. The Balaban J connectivity index is 2.18. The molecule has 1 heterocycles. The van der Waals surface area contributed by atoms with Gasteiger partial charge in [0, 0.05) is 19.7 Å². The lowest BCUT2D eigenvalue weighted by molar-refractivity contribution is 0.0238. The van der Waals surface area contributed by atoms with E-state index in [4.69, 9.17) is 4.74 Å². The Hall–Kier alpha value is -0.120. The Morgan fingerprint density at radius 1 is 1.50 bits per heavy atom. The summed E-state index contributed by atoms with van der Waals surface area (Å²) in [5, 5.41) is 9.64. The molecule has 0 saturated carbocycles. The molecular formula is C11H23NO2. The van der Waals surface area contributed by atoms with E-state index in [1.54, 1.807) is 0 Å². The average Bonchev–Trinajstić information content (AvgIpc) is 2.42. The van der Waals surface area contributed by atoms with Crippen molar-refractivity contribution < 1.29 is 9.84 Å². The van der Waals surface area contributed by atoms with Gasteiger partial charge in [0.15, 0.2) is 0 Å². The molecule has 1 saturated heterocycles. The third-order valence-electron chi connectivity index (χ3n) is 2.74. The second-order valence-electron chi connectivity index (χ2n) is 4.96. The highest BCUT2D eigenvalue weighted by molar-refractivity contribution is 4.83. The van der Waals surface area contributed by atoms with Crippen LogP contribution in [0.5, 0.6) is 0 Å². The lowest BCUT2D eigenvalue weighted by Crippen LogP contribution is -2.34. The maximum atomic E-state index is 9.64. The van der Waals surface area contributed by atoms with Crippen molar-refractivity contribution in [3.63, 3.8) is 0 Å². The zero-order chi connectivity index (χ0) is 10.6. The largest absolute Gasteiger partial charge is 0.389 e. The topological polar surface area (TPSA) is 32.7 Å². The summed E-state index contributed by atoms with van der Waals surface area (Å²) in [5.74, 6) is 0.